The molecule has 6 heteroatoms. The van der Waals surface area contributed by atoms with Crippen LogP contribution in [0.25, 0.3) is 12.2 Å². The summed E-state index contributed by atoms with van der Waals surface area (Å²) >= 11 is 0. The van der Waals surface area contributed by atoms with Crippen LogP contribution in [0.5, 0.6) is 0 Å². The van der Waals surface area contributed by atoms with Gasteiger partial charge in [-0.15, -0.1) is 0 Å². The van der Waals surface area contributed by atoms with E-state index in [0.717, 1.165) is 50.8 Å². The molecule has 0 aliphatic carbocycles. The Labute approximate surface area is 113 Å². The van der Waals surface area contributed by atoms with Gasteiger partial charge in [0.1, 0.15) is 0 Å². The van der Waals surface area contributed by atoms with Crippen LogP contribution in [-0.4, -0.2) is 47.3 Å². The Balaban J connectivity index is 2.11. The van der Waals surface area contributed by atoms with Gasteiger partial charge in [0, 0.05) is 26.2 Å². The van der Waals surface area contributed by atoms with Crippen molar-refractivity contribution >= 4 is 18.1 Å². The first-order valence-corrected chi connectivity index (χ1v) is 6.42. The highest BCUT2D eigenvalue weighted by Gasteiger charge is 2.15. The number of nitrogens with zero attached hydrogens (tertiary/aromatic N) is 3. The lowest BCUT2D eigenvalue weighted by molar-refractivity contribution is 0.0364. The van der Waals surface area contributed by atoms with Gasteiger partial charge in [-0.3, -0.25) is 10.3 Å². The molecule has 0 aromatic carbocycles. The average Bonchev–Trinajstić information content (AvgIpc) is 2.83. The molecule has 0 spiro atoms. The Hall–Kier alpha value is -1.63. The van der Waals surface area contributed by atoms with Crippen LogP contribution in [0.3, 0.4) is 0 Å². The van der Waals surface area contributed by atoms with Gasteiger partial charge < -0.3 is 9.30 Å². The number of rotatable bonds is 6. The zero-order valence-corrected chi connectivity index (χ0v) is 11.1. The minimum atomic E-state index is 0.637. The summed E-state index contributed by atoms with van der Waals surface area (Å²) in [6, 6.07) is 0. The molecule has 1 fully saturated rings. The SMILES string of the molecule is C=Cc1nc(NN)n(CCN2CCOCC2)c1C=C. The van der Waals surface area contributed by atoms with Gasteiger partial charge in [-0.05, 0) is 12.2 Å². The summed E-state index contributed by atoms with van der Waals surface area (Å²) in [5, 5.41) is 0. The first-order valence-electron chi connectivity index (χ1n) is 6.42. The highest BCUT2D eigenvalue weighted by atomic mass is 16.5. The standard InChI is InChI=1S/C13H21N5O/c1-3-11-12(4-2)18(13(15-11)16-14)6-5-17-7-9-19-10-8-17/h3-4H,1-2,5-10,14H2,(H,15,16). The van der Waals surface area contributed by atoms with Crippen molar-refractivity contribution in [3.05, 3.63) is 24.5 Å². The Bertz CT molecular complexity index is 448. The molecule has 2 heterocycles. The molecule has 0 atom stereocenters. The fraction of sp³-hybridized carbons (Fsp3) is 0.462. The van der Waals surface area contributed by atoms with Crippen molar-refractivity contribution in [2.75, 3.05) is 38.3 Å². The first-order chi connectivity index (χ1) is 9.30. The van der Waals surface area contributed by atoms with E-state index in [-0.39, 0.29) is 0 Å². The quantitative estimate of drug-likeness (QED) is 0.586. The first kappa shape index (κ1) is 13.8. The van der Waals surface area contributed by atoms with E-state index in [4.69, 9.17) is 10.6 Å². The van der Waals surface area contributed by atoms with Crippen LogP contribution in [-0.2, 0) is 11.3 Å². The number of imidazole rings is 1. The number of ether oxygens (including phenoxy) is 1. The third-order valence-corrected chi connectivity index (χ3v) is 3.29. The molecule has 1 aromatic rings. The topological polar surface area (TPSA) is 68.3 Å². The second-order valence-corrected chi connectivity index (χ2v) is 4.36. The predicted molar refractivity (Wildman–Crippen MR) is 77.5 cm³/mol. The maximum absolute atomic E-state index is 5.52. The van der Waals surface area contributed by atoms with Crippen molar-refractivity contribution < 1.29 is 4.74 Å². The van der Waals surface area contributed by atoms with Crippen molar-refractivity contribution in [2.24, 2.45) is 5.84 Å². The molecule has 1 saturated heterocycles. The van der Waals surface area contributed by atoms with Crippen LogP contribution >= 0.6 is 0 Å². The number of nitrogens with two attached hydrogens (primary N) is 1. The van der Waals surface area contributed by atoms with E-state index in [1.54, 1.807) is 12.2 Å². The van der Waals surface area contributed by atoms with E-state index in [1.807, 2.05) is 4.57 Å². The third-order valence-electron chi connectivity index (χ3n) is 3.29. The van der Waals surface area contributed by atoms with Gasteiger partial charge in [0.05, 0.1) is 24.6 Å². The van der Waals surface area contributed by atoms with Crippen LogP contribution < -0.4 is 11.3 Å². The van der Waals surface area contributed by atoms with Gasteiger partial charge in [-0.2, -0.15) is 0 Å². The number of hydrogen-bond donors (Lipinski definition) is 2. The number of hydrazine groups is 1. The second kappa shape index (κ2) is 6.51. The highest BCUT2D eigenvalue weighted by Crippen LogP contribution is 2.18. The Morgan fingerprint density at radius 2 is 2.00 bits per heavy atom. The van der Waals surface area contributed by atoms with E-state index < -0.39 is 0 Å². The van der Waals surface area contributed by atoms with Crippen LogP contribution in [0.15, 0.2) is 13.2 Å². The minimum absolute atomic E-state index is 0.637. The third kappa shape index (κ3) is 3.04. The Morgan fingerprint density at radius 1 is 1.26 bits per heavy atom. The van der Waals surface area contributed by atoms with Gasteiger partial charge in [-0.1, -0.05) is 13.2 Å². The molecule has 0 radical (unpaired) electrons. The van der Waals surface area contributed by atoms with Crippen molar-refractivity contribution in [2.45, 2.75) is 6.54 Å². The van der Waals surface area contributed by atoms with Crippen molar-refractivity contribution in [1.82, 2.24) is 14.5 Å². The summed E-state index contributed by atoms with van der Waals surface area (Å²) in [5.74, 6) is 6.15. The van der Waals surface area contributed by atoms with E-state index in [2.05, 4.69) is 28.5 Å². The van der Waals surface area contributed by atoms with E-state index >= 15 is 0 Å². The van der Waals surface area contributed by atoms with Gasteiger partial charge in [0.15, 0.2) is 0 Å². The fourth-order valence-electron chi connectivity index (χ4n) is 2.25. The van der Waals surface area contributed by atoms with Crippen LogP contribution in [0.4, 0.5) is 5.95 Å². The van der Waals surface area contributed by atoms with Crippen molar-refractivity contribution in [3.63, 3.8) is 0 Å². The lowest BCUT2D eigenvalue weighted by atomic mass is 10.3. The highest BCUT2D eigenvalue weighted by molar-refractivity contribution is 5.61. The number of anilines is 1. The zero-order valence-electron chi connectivity index (χ0n) is 11.1. The van der Waals surface area contributed by atoms with E-state index in [0.29, 0.717) is 5.95 Å². The molecule has 6 nitrogen and oxygen atoms in total. The molecular weight excluding hydrogens is 242 g/mol. The van der Waals surface area contributed by atoms with Crippen LogP contribution in [0.2, 0.25) is 0 Å². The van der Waals surface area contributed by atoms with Gasteiger partial charge >= 0.3 is 0 Å². The lowest BCUT2D eigenvalue weighted by Crippen LogP contribution is -2.38. The fourth-order valence-corrected chi connectivity index (χ4v) is 2.25. The predicted octanol–water partition coefficient (Wildman–Crippen LogP) is 0.787. The second-order valence-electron chi connectivity index (χ2n) is 4.36. The molecule has 1 aliphatic heterocycles. The van der Waals surface area contributed by atoms with Gasteiger partial charge in [0.2, 0.25) is 5.95 Å². The summed E-state index contributed by atoms with van der Waals surface area (Å²) in [5.41, 5.74) is 4.36. The number of morpholine rings is 1. The number of nitrogens with one attached hydrogen (secondary N) is 1. The molecule has 0 bridgehead atoms. The van der Waals surface area contributed by atoms with Gasteiger partial charge in [0.25, 0.3) is 0 Å². The monoisotopic (exact) mass is 263 g/mol. The normalized spacial score (nSPS) is 16.3. The molecule has 0 unspecified atom stereocenters. The minimum Gasteiger partial charge on any atom is -0.379 e. The zero-order chi connectivity index (χ0) is 13.7. The molecular formula is C13H21N5O. The summed E-state index contributed by atoms with van der Waals surface area (Å²) in [4.78, 5) is 6.74. The lowest BCUT2D eigenvalue weighted by Gasteiger charge is -2.27. The summed E-state index contributed by atoms with van der Waals surface area (Å²) in [6.07, 6.45) is 3.49. The molecule has 3 N–H and O–H groups in total. The van der Waals surface area contributed by atoms with Crippen LogP contribution in [0, 0.1) is 0 Å². The number of aromatic nitrogens is 2. The summed E-state index contributed by atoms with van der Waals surface area (Å²) in [7, 11) is 0. The van der Waals surface area contributed by atoms with Gasteiger partial charge in [-0.25, -0.2) is 10.8 Å². The van der Waals surface area contributed by atoms with E-state index in [1.165, 1.54) is 0 Å². The molecule has 104 valence electrons. The summed E-state index contributed by atoms with van der Waals surface area (Å²) < 4.78 is 7.37. The molecule has 0 amide bonds. The Morgan fingerprint density at radius 3 is 2.58 bits per heavy atom. The van der Waals surface area contributed by atoms with Crippen molar-refractivity contribution in [3.8, 4) is 0 Å². The van der Waals surface area contributed by atoms with E-state index in [9.17, 15) is 0 Å². The molecule has 1 aliphatic rings. The average molecular weight is 263 g/mol. The number of nitrogen functional groups attached to an aromatic ring is 1. The maximum Gasteiger partial charge on any atom is 0.218 e. The van der Waals surface area contributed by atoms with Crippen LogP contribution in [0.1, 0.15) is 11.4 Å². The molecule has 2 rings (SSSR count). The van der Waals surface area contributed by atoms with Crippen molar-refractivity contribution in [1.29, 1.82) is 0 Å². The largest absolute Gasteiger partial charge is 0.379 e. The molecule has 0 saturated carbocycles. The summed E-state index contributed by atoms with van der Waals surface area (Å²) in [6.45, 7) is 12.9. The Kier molecular flexibility index (Phi) is 4.73. The smallest absolute Gasteiger partial charge is 0.218 e. The maximum atomic E-state index is 5.52. The molecule has 19 heavy (non-hydrogen) atoms. The number of hydrogen-bond acceptors (Lipinski definition) is 5. The molecule has 1 aromatic heterocycles.